The number of hydrogen-bond acceptors (Lipinski definition) is 5. The molecule has 6 nitrogen and oxygen atoms in total. The monoisotopic (exact) mass is 457 g/mol. The Bertz CT molecular complexity index is 1300. The summed E-state index contributed by atoms with van der Waals surface area (Å²) in [6.07, 6.45) is 0. The second kappa shape index (κ2) is 10.7. The smallest absolute Gasteiger partial charge is 0.230 e. The van der Waals surface area contributed by atoms with E-state index in [1.54, 1.807) is 6.92 Å². The van der Waals surface area contributed by atoms with Crippen LogP contribution in [-0.4, -0.2) is 21.4 Å². The standard InChI is InChI=1S/C28H27NO5/c1-20-26(31)27(34-19-22-12-6-3-7-13-22)25(29(16-17-30)28(20)32)23-14-8-9-15-24(23)33-18-21-10-4-2-5-11-21/h2-15,30,32H,16-19H2,1H3. The highest BCUT2D eigenvalue weighted by atomic mass is 16.5. The predicted octanol–water partition coefficient (Wildman–Crippen LogP) is 4.68. The first-order valence-corrected chi connectivity index (χ1v) is 11.1. The zero-order chi connectivity index (χ0) is 23.9. The summed E-state index contributed by atoms with van der Waals surface area (Å²) in [7, 11) is 0. The number of aromatic nitrogens is 1. The van der Waals surface area contributed by atoms with E-state index in [1.165, 1.54) is 4.57 Å². The number of para-hydroxylation sites is 1. The van der Waals surface area contributed by atoms with Crippen molar-refractivity contribution < 1.29 is 19.7 Å². The van der Waals surface area contributed by atoms with Gasteiger partial charge in [-0.25, -0.2) is 0 Å². The van der Waals surface area contributed by atoms with Crippen molar-refractivity contribution in [2.45, 2.75) is 26.7 Å². The number of hydrogen-bond donors (Lipinski definition) is 2. The molecular weight excluding hydrogens is 430 g/mol. The molecule has 0 aliphatic rings. The molecule has 34 heavy (non-hydrogen) atoms. The van der Waals surface area contributed by atoms with Crippen LogP contribution in [0.2, 0.25) is 0 Å². The van der Waals surface area contributed by atoms with Crippen molar-refractivity contribution in [3.8, 4) is 28.6 Å². The highest BCUT2D eigenvalue weighted by Crippen LogP contribution is 2.38. The van der Waals surface area contributed by atoms with Crippen molar-refractivity contribution in [2.24, 2.45) is 0 Å². The van der Waals surface area contributed by atoms with Gasteiger partial charge in [-0.3, -0.25) is 4.79 Å². The molecule has 4 rings (SSSR count). The van der Waals surface area contributed by atoms with Crippen LogP contribution in [0, 0.1) is 6.92 Å². The molecule has 0 aliphatic heterocycles. The molecule has 174 valence electrons. The summed E-state index contributed by atoms with van der Waals surface area (Å²) in [6, 6.07) is 26.6. The van der Waals surface area contributed by atoms with Crippen LogP contribution >= 0.6 is 0 Å². The molecule has 1 aromatic heterocycles. The minimum Gasteiger partial charge on any atom is -0.494 e. The lowest BCUT2D eigenvalue weighted by Crippen LogP contribution is -2.20. The van der Waals surface area contributed by atoms with Crippen LogP contribution in [0.25, 0.3) is 11.3 Å². The van der Waals surface area contributed by atoms with Gasteiger partial charge in [0, 0.05) is 12.1 Å². The van der Waals surface area contributed by atoms with Crippen LogP contribution in [0.3, 0.4) is 0 Å². The van der Waals surface area contributed by atoms with Gasteiger partial charge in [0.15, 0.2) is 11.6 Å². The van der Waals surface area contributed by atoms with Gasteiger partial charge in [0.05, 0.1) is 12.2 Å². The second-order valence-corrected chi connectivity index (χ2v) is 7.88. The Morgan fingerprint density at radius 2 is 1.35 bits per heavy atom. The Kier molecular flexibility index (Phi) is 7.30. The van der Waals surface area contributed by atoms with Crippen molar-refractivity contribution in [3.05, 3.63) is 112 Å². The fourth-order valence-corrected chi connectivity index (χ4v) is 3.78. The van der Waals surface area contributed by atoms with E-state index in [-0.39, 0.29) is 37.0 Å². The topological polar surface area (TPSA) is 80.9 Å². The maximum atomic E-state index is 13.3. The minimum atomic E-state index is -0.407. The number of ether oxygens (including phenoxy) is 2. The van der Waals surface area contributed by atoms with Crippen molar-refractivity contribution in [2.75, 3.05) is 6.61 Å². The van der Waals surface area contributed by atoms with Gasteiger partial charge in [0.1, 0.15) is 24.7 Å². The molecule has 6 heteroatoms. The van der Waals surface area contributed by atoms with Crippen LogP contribution in [0.1, 0.15) is 16.7 Å². The molecule has 0 saturated carbocycles. The molecule has 0 spiro atoms. The van der Waals surface area contributed by atoms with Gasteiger partial charge in [0.2, 0.25) is 5.43 Å². The van der Waals surface area contributed by atoms with Crippen LogP contribution in [0.5, 0.6) is 17.4 Å². The Morgan fingerprint density at radius 3 is 1.97 bits per heavy atom. The summed E-state index contributed by atoms with van der Waals surface area (Å²) < 4.78 is 13.7. The molecule has 0 fully saturated rings. The first-order valence-electron chi connectivity index (χ1n) is 11.1. The fraction of sp³-hybridized carbons (Fsp3) is 0.179. The molecule has 0 aliphatic carbocycles. The van der Waals surface area contributed by atoms with E-state index < -0.39 is 5.43 Å². The van der Waals surface area contributed by atoms with E-state index >= 15 is 0 Å². The predicted molar refractivity (Wildman–Crippen MR) is 131 cm³/mol. The molecule has 0 unspecified atom stereocenters. The lowest BCUT2D eigenvalue weighted by molar-refractivity contribution is 0.260. The molecule has 0 bridgehead atoms. The number of aliphatic hydroxyl groups excluding tert-OH is 1. The number of nitrogens with zero attached hydrogens (tertiary/aromatic N) is 1. The highest BCUT2D eigenvalue weighted by molar-refractivity contribution is 5.74. The number of aromatic hydroxyl groups is 1. The van der Waals surface area contributed by atoms with Crippen molar-refractivity contribution in [1.82, 2.24) is 4.57 Å². The fourth-order valence-electron chi connectivity index (χ4n) is 3.78. The van der Waals surface area contributed by atoms with E-state index in [0.29, 0.717) is 23.6 Å². The maximum absolute atomic E-state index is 13.3. The first-order chi connectivity index (χ1) is 16.6. The van der Waals surface area contributed by atoms with E-state index in [0.717, 1.165) is 11.1 Å². The quantitative estimate of drug-likeness (QED) is 0.381. The van der Waals surface area contributed by atoms with Gasteiger partial charge in [-0.1, -0.05) is 72.8 Å². The Hall–Kier alpha value is -4.03. The molecule has 0 saturated heterocycles. The summed E-state index contributed by atoms with van der Waals surface area (Å²) in [5, 5.41) is 20.5. The van der Waals surface area contributed by atoms with E-state index in [1.807, 2.05) is 84.9 Å². The summed E-state index contributed by atoms with van der Waals surface area (Å²) >= 11 is 0. The van der Waals surface area contributed by atoms with Gasteiger partial charge < -0.3 is 24.3 Å². The summed E-state index contributed by atoms with van der Waals surface area (Å²) in [4.78, 5) is 13.3. The number of aliphatic hydroxyl groups is 1. The van der Waals surface area contributed by atoms with Gasteiger partial charge in [-0.05, 0) is 30.2 Å². The van der Waals surface area contributed by atoms with Crippen molar-refractivity contribution in [1.29, 1.82) is 0 Å². The number of rotatable bonds is 9. The third kappa shape index (κ3) is 4.97. The summed E-state index contributed by atoms with van der Waals surface area (Å²) in [6.45, 7) is 1.91. The number of benzene rings is 3. The summed E-state index contributed by atoms with van der Waals surface area (Å²) in [5.41, 5.74) is 2.60. The second-order valence-electron chi connectivity index (χ2n) is 7.88. The molecule has 3 aromatic carbocycles. The van der Waals surface area contributed by atoms with Crippen molar-refractivity contribution in [3.63, 3.8) is 0 Å². The molecule has 0 atom stereocenters. The number of pyridine rings is 1. The first kappa shape index (κ1) is 23.1. The lowest BCUT2D eigenvalue weighted by Gasteiger charge is -2.22. The van der Waals surface area contributed by atoms with Gasteiger partial charge in [0.25, 0.3) is 0 Å². The molecule has 0 amide bonds. The van der Waals surface area contributed by atoms with Gasteiger partial charge in [-0.2, -0.15) is 0 Å². The average molecular weight is 458 g/mol. The van der Waals surface area contributed by atoms with Gasteiger partial charge in [-0.15, -0.1) is 0 Å². The zero-order valence-electron chi connectivity index (χ0n) is 19.0. The molecule has 4 aromatic rings. The third-order valence-electron chi connectivity index (χ3n) is 5.55. The molecule has 2 N–H and O–H groups in total. The van der Waals surface area contributed by atoms with Crippen molar-refractivity contribution >= 4 is 0 Å². The van der Waals surface area contributed by atoms with Gasteiger partial charge >= 0.3 is 0 Å². The highest BCUT2D eigenvalue weighted by Gasteiger charge is 2.24. The average Bonchev–Trinajstić information content (AvgIpc) is 2.88. The Balaban J connectivity index is 1.82. The van der Waals surface area contributed by atoms with E-state index in [2.05, 4.69) is 0 Å². The Morgan fingerprint density at radius 1 is 0.794 bits per heavy atom. The van der Waals surface area contributed by atoms with E-state index in [4.69, 9.17) is 9.47 Å². The minimum absolute atomic E-state index is 0.0804. The molecular formula is C28H27NO5. The van der Waals surface area contributed by atoms with Crippen LogP contribution < -0.4 is 14.9 Å². The maximum Gasteiger partial charge on any atom is 0.230 e. The SMILES string of the molecule is Cc1c(O)n(CCO)c(-c2ccccc2OCc2ccccc2)c(OCc2ccccc2)c1=O. The largest absolute Gasteiger partial charge is 0.494 e. The third-order valence-corrected chi connectivity index (χ3v) is 5.55. The Labute approximate surface area is 198 Å². The normalized spacial score (nSPS) is 10.8. The van der Waals surface area contributed by atoms with E-state index in [9.17, 15) is 15.0 Å². The van der Waals surface area contributed by atoms with Crippen LogP contribution in [-0.2, 0) is 19.8 Å². The van der Waals surface area contributed by atoms with Crippen LogP contribution in [0.4, 0.5) is 0 Å². The zero-order valence-corrected chi connectivity index (χ0v) is 19.0. The summed E-state index contributed by atoms with van der Waals surface area (Å²) in [5.74, 6) is 0.424. The molecule has 1 heterocycles. The van der Waals surface area contributed by atoms with Crippen LogP contribution in [0.15, 0.2) is 89.7 Å². The lowest BCUT2D eigenvalue weighted by atomic mass is 10.1. The molecule has 0 radical (unpaired) electrons.